The van der Waals surface area contributed by atoms with E-state index in [1.54, 1.807) is 11.2 Å². The van der Waals surface area contributed by atoms with E-state index in [-0.39, 0.29) is 17.9 Å². The molecule has 0 aromatic carbocycles. The lowest BCUT2D eigenvalue weighted by molar-refractivity contribution is -0.146. The molecule has 1 aromatic rings. The fraction of sp³-hybridized carbons (Fsp3) is 0.778. The van der Waals surface area contributed by atoms with Crippen molar-refractivity contribution in [2.45, 2.75) is 65.1 Å². The van der Waals surface area contributed by atoms with Gasteiger partial charge in [-0.1, -0.05) is 0 Å². The highest BCUT2D eigenvalue weighted by Gasteiger charge is 2.42. The monoisotopic (exact) mass is 363 g/mol. The fourth-order valence-corrected chi connectivity index (χ4v) is 3.71. The minimum atomic E-state index is -0.522. The molecule has 2 aliphatic rings. The first-order valence-electron chi connectivity index (χ1n) is 9.23. The molecular formula is C18H29N5O3. The predicted molar refractivity (Wildman–Crippen MR) is 95.4 cm³/mol. The molecule has 2 amide bonds. The summed E-state index contributed by atoms with van der Waals surface area (Å²) < 4.78 is 7.31. The van der Waals surface area contributed by atoms with Crippen molar-refractivity contribution in [2.75, 3.05) is 19.6 Å². The lowest BCUT2D eigenvalue weighted by atomic mass is 9.92. The molecular weight excluding hydrogens is 334 g/mol. The SMILES string of the molecule is CC(C)(C)OC(=O)N1CCN(C(=O)C2CCc3ncnn3C2)C(C)(C)C1. The minimum absolute atomic E-state index is 0.0865. The van der Waals surface area contributed by atoms with Gasteiger partial charge in [0, 0.05) is 26.1 Å². The summed E-state index contributed by atoms with van der Waals surface area (Å²) >= 11 is 0. The van der Waals surface area contributed by atoms with Crippen LogP contribution in [0.5, 0.6) is 0 Å². The molecule has 0 N–H and O–H groups in total. The standard InChI is InChI=1S/C18H29N5O3/c1-17(2,3)26-16(25)21-8-9-22(18(4,5)11-21)15(24)13-6-7-14-19-12-20-23(14)10-13/h12-13H,6-11H2,1-5H3. The van der Waals surface area contributed by atoms with Gasteiger partial charge >= 0.3 is 6.09 Å². The summed E-state index contributed by atoms with van der Waals surface area (Å²) in [5.74, 6) is 1.000. The average Bonchev–Trinajstić information content (AvgIpc) is 2.99. The van der Waals surface area contributed by atoms with Crippen molar-refractivity contribution < 1.29 is 14.3 Å². The van der Waals surface area contributed by atoms with E-state index in [1.165, 1.54) is 0 Å². The molecule has 8 nitrogen and oxygen atoms in total. The van der Waals surface area contributed by atoms with Crippen LogP contribution in [0.1, 0.15) is 46.9 Å². The molecule has 1 unspecified atom stereocenters. The summed E-state index contributed by atoms with van der Waals surface area (Å²) in [7, 11) is 0. The van der Waals surface area contributed by atoms with Gasteiger partial charge in [-0.15, -0.1) is 0 Å². The van der Waals surface area contributed by atoms with Crippen LogP contribution < -0.4 is 0 Å². The number of ether oxygens (including phenoxy) is 1. The molecule has 1 aromatic heterocycles. The van der Waals surface area contributed by atoms with E-state index in [0.29, 0.717) is 26.2 Å². The van der Waals surface area contributed by atoms with Gasteiger partial charge in [-0.25, -0.2) is 14.5 Å². The summed E-state index contributed by atoms with van der Waals surface area (Å²) in [6.45, 7) is 11.6. The number of fused-ring (bicyclic) bond motifs is 1. The maximum Gasteiger partial charge on any atom is 0.410 e. The Morgan fingerprint density at radius 3 is 2.65 bits per heavy atom. The van der Waals surface area contributed by atoms with Crippen LogP contribution in [0, 0.1) is 5.92 Å². The van der Waals surface area contributed by atoms with Crippen molar-refractivity contribution in [3.05, 3.63) is 12.2 Å². The van der Waals surface area contributed by atoms with E-state index in [9.17, 15) is 9.59 Å². The number of hydrogen-bond donors (Lipinski definition) is 0. The van der Waals surface area contributed by atoms with Gasteiger partial charge in [0.05, 0.1) is 18.0 Å². The summed E-state index contributed by atoms with van der Waals surface area (Å²) in [4.78, 5) is 33.3. The summed E-state index contributed by atoms with van der Waals surface area (Å²) in [5, 5.41) is 4.21. The summed E-state index contributed by atoms with van der Waals surface area (Å²) in [5.41, 5.74) is -0.958. The summed E-state index contributed by atoms with van der Waals surface area (Å²) in [6.07, 6.45) is 2.79. The fourth-order valence-electron chi connectivity index (χ4n) is 3.71. The number of aromatic nitrogens is 3. The van der Waals surface area contributed by atoms with Gasteiger partial charge in [-0.05, 0) is 41.0 Å². The van der Waals surface area contributed by atoms with Gasteiger partial charge in [0.25, 0.3) is 0 Å². The maximum atomic E-state index is 13.1. The van der Waals surface area contributed by atoms with E-state index in [1.807, 2.05) is 44.2 Å². The quantitative estimate of drug-likeness (QED) is 0.759. The van der Waals surface area contributed by atoms with E-state index >= 15 is 0 Å². The molecule has 0 spiro atoms. The normalized spacial score (nSPS) is 22.7. The molecule has 1 saturated heterocycles. The lowest BCUT2D eigenvalue weighted by Crippen LogP contribution is -2.63. The predicted octanol–water partition coefficient (Wildman–Crippen LogP) is 1.70. The number of carbonyl (C=O) groups excluding carboxylic acids is 2. The van der Waals surface area contributed by atoms with Crippen LogP contribution in [-0.4, -0.2) is 67.3 Å². The van der Waals surface area contributed by atoms with Crippen LogP contribution in [-0.2, 0) is 22.5 Å². The van der Waals surface area contributed by atoms with Gasteiger partial charge in [-0.3, -0.25) is 4.79 Å². The van der Waals surface area contributed by atoms with Gasteiger partial charge in [0.15, 0.2) is 0 Å². The van der Waals surface area contributed by atoms with Crippen LogP contribution >= 0.6 is 0 Å². The number of hydrogen-bond acceptors (Lipinski definition) is 5. The molecule has 0 aliphatic carbocycles. The lowest BCUT2D eigenvalue weighted by Gasteiger charge is -2.48. The average molecular weight is 363 g/mol. The molecule has 1 atom stereocenters. The van der Waals surface area contributed by atoms with Crippen LogP contribution in [0.15, 0.2) is 6.33 Å². The number of carbonyl (C=O) groups is 2. The van der Waals surface area contributed by atoms with Crippen molar-refractivity contribution >= 4 is 12.0 Å². The number of piperazine rings is 1. The smallest absolute Gasteiger partial charge is 0.410 e. The van der Waals surface area contributed by atoms with Gasteiger partial charge < -0.3 is 14.5 Å². The Balaban J connectivity index is 1.65. The van der Waals surface area contributed by atoms with Gasteiger partial charge in [0.2, 0.25) is 5.91 Å². The molecule has 0 radical (unpaired) electrons. The Kier molecular flexibility index (Phi) is 4.71. The summed E-state index contributed by atoms with van der Waals surface area (Å²) in [6, 6.07) is 0. The number of rotatable bonds is 1. The van der Waals surface area contributed by atoms with E-state index in [2.05, 4.69) is 10.1 Å². The van der Waals surface area contributed by atoms with Crippen molar-refractivity contribution in [1.29, 1.82) is 0 Å². The first-order chi connectivity index (χ1) is 12.1. The Bertz CT molecular complexity index is 691. The highest BCUT2D eigenvalue weighted by molar-refractivity contribution is 5.80. The van der Waals surface area contributed by atoms with Crippen molar-refractivity contribution in [1.82, 2.24) is 24.6 Å². The topological polar surface area (TPSA) is 80.6 Å². The zero-order chi connectivity index (χ0) is 19.1. The largest absolute Gasteiger partial charge is 0.444 e. The Hall–Kier alpha value is -2.12. The zero-order valence-electron chi connectivity index (χ0n) is 16.4. The maximum absolute atomic E-state index is 13.1. The number of aryl methyl sites for hydroxylation is 1. The van der Waals surface area contributed by atoms with Crippen molar-refractivity contribution in [3.63, 3.8) is 0 Å². The van der Waals surface area contributed by atoms with E-state index in [0.717, 1.165) is 18.7 Å². The Morgan fingerprint density at radius 1 is 1.27 bits per heavy atom. The third-order valence-electron chi connectivity index (χ3n) is 4.97. The van der Waals surface area contributed by atoms with Crippen LogP contribution in [0.3, 0.4) is 0 Å². The molecule has 8 heteroatoms. The highest BCUT2D eigenvalue weighted by atomic mass is 16.6. The second-order valence-corrected chi connectivity index (χ2v) is 8.80. The molecule has 26 heavy (non-hydrogen) atoms. The van der Waals surface area contributed by atoms with Crippen molar-refractivity contribution in [2.24, 2.45) is 5.92 Å². The number of amides is 2. The highest BCUT2D eigenvalue weighted by Crippen LogP contribution is 2.27. The van der Waals surface area contributed by atoms with E-state index in [4.69, 9.17) is 4.74 Å². The third kappa shape index (κ3) is 3.83. The van der Waals surface area contributed by atoms with Crippen molar-refractivity contribution in [3.8, 4) is 0 Å². The van der Waals surface area contributed by atoms with Gasteiger partial charge in [0.1, 0.15) is 17.8 Å². The molecule has 2 aliphatic heterocycles. The Labute approximate surface area is 154 Å². The van der Waals surface area contributed by atoms with Crippen LogP contribution in [0.4, 0.5) is 4.79 Å². The minimum Gasteiger partial charge on any atom is -0.444 e. The zero-order valence-corrected chi connectivity index (χ0v) is 16.4. The molecule has 0 saturated carbocycles. The van der Waals surface area contributed by atoms with Crippen LogP contribution in [0.25, 0.3) is 0 Å². The first kappa shape index (κ1) is 18.7. The molecule has 3 rings (SSSR count). The third-order valence-corrected chi connectivity index (χ3v) is 4.97. The molecule has 1 fully saturated rings. The van der Waals surface area contributed by atoms with E-state index < -0.39 is 11.1 Å². The number of nitrogens with zero attached hydrogens (tertiary/aromatic N) is 5. The second-order valence-electron chi connectivity index (χ2n) is 8.80. The van der Waals surface area contributed by atoms with Gasteiger partial charge in [-0.2, -0.15) is 5.10 Å². The first-order valence-corrected chi connectivity index (χ1v) is 9.23. The second kappa shape index (κ2) is 6.55. The molecule has 144 valence electrons. The molecule has 3 heterocycles. The Morgan fingerprint density at radius 2 is 2.00 bits per heavy atom. The molecule has 0 bridgehead atoms. The van der Waals surface area contributed by atoms with Crippen LogP contribution in [0.2, 0.25) is 0 Å².